The lowest BCUT2D eigenvalue weighted by Gasteiger charge is -2.22. The number of benzene rings is 3. The number of unbranched alkanes of at least 4 members (excludes halogenated alkanes) is 9. The molecule has 250 valence electrons. The molecule has 6 heteroatoms. The maximum atomic E-state index is 5.86. The van der Waals surface area contributed by atoms with Crippen LogP contribution in [-0.2, 0) is 17.9 Å². The van der Waals surface area contributed by atoms with E-state index in [0.29, 0.717) is 0 Å². The molecule has 0 radical (unpaired) electrons. The second kappa shape index (κ2) is 19.4. The van der Waals surface area contributed by atoms with Gasteiger partial charge in [0.1, 0.15) is 8.64 Å². The topological polar surface area (TPSA) is 6.48 Å². The highest BCUT2D eigenvalue weighted by Gasteiger charge is 2.28. The lowest BCUT2D eigenvalue weighted by Crippen LogP contribution is -2.26. The van der Waals surface area contributed by atoms with E-state index in [0.717, 1.165) is 52.7 Å². The fraction of sp³-hybridized carbons (Fsp3) is 0.550. The third-order valence-electron chi connectivity index (χ3n) is 9.59. The van der Waals surface area contributed by atoms with Crippen molar-refractivity contribution >= 4 is 67.4 Å². The fourth-order valence-corrected chi connectivity index (χ4v) is 9.67. The Balaban J connectivity index is 1.57. The Morgan fingerprint density at radius 2 is 1.00 bits per heavy atom. The highest BCUT2D eigenvalue weighted by molar-refractivity contribution is 8.22. The van der Waals surface area contributed by atoms with Crippen molar-refractivity contribution in [3.8, 4) is 22.3 Å². The zero-order chi connectivity index (χ0) is 32.9. The van der Waals surface area contributed by atoms with Gasteiger partial charge in [-0.25, -0.2) is 0 Å². The summed E-state index contributed by atoms with van der Waals surface area (Å²) in [6.45, 7) is 14.9. The zero-order valence-corrected chi connectivity index (χ0v) is 32.4. The normalized spacial score (nSPS) is 11.7. The molecule has 0 N–H and O–H groups in total. The van der Waals surface area contributed by atoms with Crippen molar-refractivity contribution in [3.05, 3.63) is 59.2 Å². The van der Waals surface area contributed by atoms with Crippen LogP contribution in [0.1, 0.15) is 116 Å². The number of aryl methyl sites for hydroxylation is 1. The molecule has 0 heterocycles. The molecule has 0 aliphatic heterocycles. The number of nitrogens with zero attached hydrogens (tertiary/aromatic N) is 2. The van der Waals surface area contributed by atoms with Gasteiger partial charge in [0.25, 0.3) is 0 Å². The average molecular weight is 693 g/mol. The van der Waals surface area contributed by atoms with Gasteiger partial charge in [0.05, 0.1) is 0 Å². The molecule has 0 atom stereocenters. The summed E-state index contributed by atoms with van der Waals surface area (Å²) in [5.41, 5.74) is 9.90. The average Bonchev–Trinajstić information content (AvgIpc) is 3.42. The Morgan fingerprint density at radius 1 is 0.543 bits per heavy atom. The van der Waals surface area contributed by atoms with Crippen LogP contribution >= 0.6 is 48.0 Å². The first-order valence-electron chi connectivity index (χ1n) is 18.0. The first-order chi connectivity index (χ1) is 22.5. The van der Waals surface area contributed by atoms with Crippen molar-refractivity contribution in [1.29, 1.82) is 0 Å². The van der Waals surface area contributed by atoms with Crippen LogP contribution in [0.3, 0.4) is 0 Å². The second-order valence-electron chi connectivity index (χ2n) is 12.5. The van der Waals surface area contributed by atoms with E-state index in [1.54, 1.807) is 23.5 Å². The van der Waals surface area contributed by atoms with Crippen LogP contribution in [0.15, 0.2) is 42.5 Å². The molecular formula is C40H56N2S4. The van der Waals surface area contributed by atoms with Gasteiger partial charge >= 0.3 is 0 Å². The summed E-state index contributed by atoms with van der Waals surface area (Å²) in [6.07, 6.45) is 14.9. The van der Waals surface area contributed by atoms with Crippen LogP contribution in [0.5, 0.6) is 0 Å². The van der Waals surface area contributed by atoms with Gasteiger partial charge < -0.3 is 9.80 Å². The molecule has 4 rings (SSSR count). The summed E-state index contributed by atoms with van der Waals surface area (Å²) in [6, 6.07) is 16.6. The molecule has 0 unspecified atom stereocenters. The van der Waals surface area contributed by atoms with Gasteiger partial charge in [0.2, 0.25) is 0 Å². The Hall–Kier alpha value is -1.60. The number of hydrogen-bond acceptors (Lipinski definition) is 4. The summed E-state index contributed by atoms with van der Waals surface area (Å²) >= 11 is 15.3. The molecule has 0 bridgehead atoms. The van der Waals surface area contributed by atoms with Crippen molar-refractivity contribution < 1.29 is 0 Å². The summed E-state index contributed by atoms with van der Waals surface area (Å²) in [5, 5.41) is 2.89. The minimum Gasteiger partial charge on any atom is -0.358 e. The number of thiocarbonyl (C=S) groups is 2. The molecule has 3 aromatic rings. The van der Waals surface area contributed by atoms with Gasteiger partial charge in [-0.1, -0.05) is 155 Å². The van der Waals surface area contributed by atoms with Crippen LogP contribution in [0.4, 0.5) is 0 Å². The largest absolute Gasteiger partial charge is 0.358 e. The molecule has 1 aliphatic rings. The van der Waals surface area contributed by atoms with E-state index >= 15 is 0 Å². The summed E-state index contributed by atoms with van der Waals surface area (Å²) in [4.78, 5) is 4.57. The van der Waals surface area contributed by atoms with E-state index in [2.05, 4.69) is 86.9 Å². The summed E-state index contributed by atoms with van der Waals surface area (Å²) in [5.74, 6) is 1.78. The van der Waals surface area contributed by atoms with Crippen molar-refractivity contribution in [2.24, 2.45) is 0 Å². The molecule has 0 fully saturated rings. The quantitative estimate of drug-likeness (QED) is 0.0708. The minimum absolute atomic E-state index is 0.888. The molecule has 0 aromatic heterocycles. The Kier molecular flexibility index (Phi) is 15.7. The van der Waals surface area contributed by atoms with Gasteiger partial charge in [-0.05, 0) is 90.3 Å². The van der Waals surface area contributed by atoms with E-state index in [1.165, 1.54) is 114 Å². The van der Waals surface area contributed by atoms with Crippen molar-refractivity contribution in [1.82, 2.24) is 9.80 Å². The first-order valence-corrected chi connectivity index (χ1v) is 20.8. The number of thioether (sulfide) groups is 2. The minimum atomic E-state index is 0.888. The van der Waals surface area contributed by atoms with Gasteiger partial charge in [0.15, 0.2) is 0 Å². The Labute approximate surface area is 299 Å². The van der Waals surface area contributed by atoms with Gasteiger partial charge in [-0.3, -0.25) is 0 Å². The number of hydrogen-bond donors (Lipinski definition) is 0. The first kappa shape index (κ1) is 37.2. The SMILES string of the molecule is CCCCCCCCCCCCc1ccc2c3c(cccc13)-c1c(CSC(=S)N(CC)CC)ccc(CSC(=S)N(CC)CC)c1-2. The molecule has 3 aromatic carbocycles. The third kappa shape index (κ3) is 9.30. The van der Waals surface area contributed by atoms with Crippen LogP contribution in [-0.4, -0.2) is 44.6 Å². The van der Waals surface area contributed by atoms with Crippen LogP contribution < -0.4 is 0 Å². The smallest absolute Gasteiger partial charge is 0.136 e. The lowest BCUT2D eigenvalue weighted by atomic mass is 9.94. The maximum Gasteiger partial charge on any atom is 0.136 e. The summed E-state index contributed by atoms with van der Waals surface area (Å²) in [7, 11) is 0. The molecule has 46 heavy (non-hydrogen) atoms. The van der Waals surface area contributed by atoms with Crippen molar-refractivity contribution in [2.45, 2.75) is 117 Å². The molecule has 1 aliphatic carbocycles. The number of rotatable bonds is 19. The maximum absolute atomic E-state index is 5.86. The van der Waals surface area contributed by atoms with Gasteiger partial charge in [-0.2, -0.15) is 0 Å². The highest BCUT2D eigenvalue weighted by Crippen LogP contribution is 2.52. The second-order valence-corrected chi connectivity index (χ2v) is 15.7. The predicted molar refractivity (Wildman–Crippen MR) is 218 cm³/mol. The van der Waals surface area contributed by atoms with Crippen molar-refractivity contribution in [2.75, 3.05) is 26.2 Å². The summed E-state index contributed by atoms with van der Waals surface area (Å²) < 4.78 is 1.99. The lowest BCUT2D eigenvalue weighted by molar-refractivity contribution is 0.482. The molecule has 0 amide bonds. The predicted octanol–water partition coefficient (Wildman–Crippen LogP) is 12.7. The molecule has 0 saturated carbocycles. The van der Waals surface area contributed by atoms with Crippen molar-refractivity contribution in [3.63, 3.8) is 0 Å². The van der Waals surface area contributed by atoms with E-state index in [1.807, 2.05) is 0 Å². The fourth-order valence-electron chi connectivity index (χ4n) is 6.87. The third-order valence-corrected chi connectivity index (χ3v) is 12.7. The number of fused-ring (bicyclic) bond motifs is 3. The van der Waals surface area contributed by atoms with E-state index < -0.39 is 0 Å². The molecular weight excluding hydrogens is 637 g/mol. The van der Waals surface area contributed by atoms with E-state index in [9.17, 15) is 0 Å². The van der Waals surface area contributed by atoms with Crippen LogP contribution in [0.2, 0.25) is 0 Å². The van der Waals surface area contributed by atoms with Crippen LogP contribution in [0.25, 0.3) is 33.0 Å². The Morgan fingerprint density at radius 3 is 1.50 bits per heavy atom. The van der Waals surface area contributed by atoms with E-state index in [4.69, 9.17) is 24.4 Å². The molecule has 2 nitrogen and oxygen atoms in total. The standard InChI is InChI=1S/C40H56N2S4/c1-6-11-12-13-14-15-16-17-18-19-21-30-26-27-35-37-32(29-46-40(44)42(9-4)10-5)25-24-31(28-45-39(43)41(7-2)8-3)36(37)34-23-20-22-33(30)38(34)35/h20,22-27H,6-19,21,28-29H2,1-5H3. The van der Waals surface area contributed by atoms with Gasteiger partial charge in [0, 0.05) is 37.7 Å². The Bertz CT molecular complexity index is 1380. The zero-order valence-electron chi connectivity index (χ0n) is 29.1. The molecule has 0 saturated heterocycles. The molecule has 0 spiro atoms. The van der Waals surface area contributed by atoms with Gasteiger partial charge in [-0.15, -0.1) is 0 Å². The van der Waals surface area contributed by atoms with E-state index in [-0.39, 0.29) is 0 Å². The monoisotopic (exact) mass is 692 g/mol. The highest BCUT2D eigenvalue weighted by atomic mass is 32.2. The van der Waals surface area contributed by atoms with Crippen LogP contribution in [0, 0.1) is 0 Å².